The van der Waals surface area contributed by atoms with Crippen LogP contribution in [-0.2, 0) is 32.9 Å². The van der Waals surface area contributed by atoms with Crippen molar-refractivity contribution >= 4 is 63.3 Å². The molecule has 4 aromatic rings. The molecule has 2 saturated carbocycles. The lowest BCUT2D eigenvalue weighted by molar-refractivity contribution is 0.358. The van der Waals surface area contributed by atoms with E-state index in [0.717, 1.165) is 12.1 Å². The van der Waals surface area contributed by atoms with E-state index in [1.165, 1.54) is 36.4 Å². The number of ether oxygens (including phenoxy) is 2. The molecule has 320 valence electrons. The van der Waals surface area contributed by atoms with E-state index in [1.807, 2.05) is 0 Å². The Morgan fingerprint density at radius 2 is 1.38 bits per heavy atom. The Balaban J connectivity index is 0.000000202. The van der Waals surface area contributed by atoms with Crippen molar-refractivity contribution in [3.63, 3.8) is 0 Å². The number of allylic oxidation sites excluding steroid dienone is 2. The molecule has 0 atom stereocenters. The van der Waals surface area contributed by atoms with E-state index >= 15 is 0 Å². The lowest BCUT2D eigenvalue weighted by Crippen LogP contribution is -2.30. The number of sulfonamides is 2. The first-order valence-corrected chi connectivity index (χ1v) is 23.0. The number of halogens is 8. The largest absolute Gasteiger partial charge is 0.487 e. The van der Waals surface area contributed by atoms with E-state index in [2.05, 4.69) is 54.5 Å². The van der Waals surface area contributed by atoms with Crippen LogP contribution in [0.1, 0.15) is 60.8 Å². The molecule has 1 spiro atoms. The van der Waals surface area contributed by atoms with Gasteiger partial charge in [0.1, 0.15) is 36.3 Å². The molecule has 3 aliphatic rings. The molecule has 1 aliphatic heterocycles. The summed E-state index contributed by atoms with van der Waals surface area (Å²) in [7, 11) is -7.89. The zero-order valence-electron chi connectivity index (χ0n) is 31.7. The molecule has 0 amide bonds. The van der Waals surface area contributed by atoms with Crippen molar-refractivity contribution in [2.45, 2.75) is 60.9 Å². The SMILES string of the molecule is C=CCOc1cc(F)c(F)c(Cc2ccc(Br)cc2F)c1NS(=O)(=O)C1(CC=C)CC1.O=S1(=O)Nc2c(cc(F)c(F)c2Cc2ccc(Br)cc2F)OC/C=C/CC12CC2. The minimum Gasteiger partial charge on any atom is -0.487 e. The van der Waals surface area contributed by atoms with Crippen molar-refractivity contribution in [1.29, 1.82) is 0 Å². The van der Waals surface area contributed by atoms with Gasteiger partial charge in [0, 0.05) is 45.0 Å². The van der Waals surface area contributed by atoms with E-state index in [-0.39, 0.29) is 77.6 Å². The van der Waals surface area contributed by atoms with Crippen LogP contribution in [0.4, 0.5) is 37.7 Å². The molecule has 0 aromatic heterocycles. The Labute approximate surface area is 361 Å². The van der Waals surface area contributed by atoms with E-state index in [1.54, 1.807) is 24.3 Å². The van der Waals surface area contributed by atoms with Crippen molar-refractivity contribution in [2.24, 2.45) is 0 Å². The summed E-state index contributed by atoms with van der Waals surface area (Å²) in [5.74, 6) is -6.56. The molecule has 0 radical (unpaired) electrons. The van der Waals surface area contributed by atoms with Crippen LogP contribution in [0, 0.1) is 34.9 Å². The molecule has 2 N–H and O–H groups in total. The number of rotatable bonds is 12. The van der Waals surface area contributed by atoms with Gasteiger partial charge < -0.3 is 9.47 Å². The van der Waals surface area contributed by atoms with Gasteiger partial charge in [0.25, 0.3) is 0 Å². The minimum atomic E-state index is -3.99. The van der Waals surface area contributed by atoms with Gasteiger partial charge in [0.05, 0.1) is 20.9 Å². The highest BCUT2D eigenvalue weighted by Crippen LogP contribution is 2.50. The maximum absolute atomic E-state index is 14.9. The number of benzene rings is 4. The van der Waals surface area contributed by atoms with Crippen LogP contribution in [0.2, 0.25) is 0 Å². The van der Waals surface area contributed by atoms with E-state index < -0.39 is 64.4 Å². The third-order valence-corrected chi connectivity index (χ3v) is 15.8. The minimum absolute atomic E-state index is 0.0649. The van der Waals surface area contributed by atoms with E-state index in [4.69, 9.17) is 9.47 Å². The lowest BCUT2D eigenvalue weighted by Gasteiger charge is -2.22. The van der Waals surface area contributed by atoms with Gasteiger partial charge in [0.2, 0.25) is 20.0 Å². The van der Waals surface area contributed by atoms with Gasteiger partial charge in [-0.15, -0.1) is 6.58 Å². The predicted octanol–water partition coefficient (Wildman–Crippen LogP) is 10.9. The molecule has 4 aromatic carbocycles. The molecule has 7 rings (SSSR count). The van der Waals surface area contributed by atoms with Crippen molar-refractivity contribution in [3.05, 3.63) is 152 Å². The second-order valence-electron chi connectivity index (χ2n) is 14.5. The van der Waals surface area contributed by atoms with Crippen molar-refractivity contribution in [3.8, 4) is 11.5 Å². The average Bonchev–Trinajstić information content (AvgIpc) is 4.13. The second-order valence-corrected chi connectivity index (χ2v) is 20.5. The molecule has 2 aliphatic carbocycles. The van der Waals surface area contributed by atoms with Gasteiger partial charge in [-0.2, -0.15) is 0 Å². The van der Waals surface area contributed by atoms with E-state index in [9.17, 15) is 43.2 Å². The van der Waals surface area contributed by atoms with E-state index in [0.29, 0.717) is 41.0 Å². The van der Waals surface area contributed by atoms with Crippen LogP contribution in [0.15, 0.2) is 94.9 Å². The summed E-state index contributed by atoms with van der Waals surface area (Å²) in [5, 5.41) is 0. The van der Waals surface area contributed by atoms with Crippen LogP contribution < -0.4 is 18.9 Å². The topological polar surface area (TPSA) is 111 Å². The number of hydrogen-bond donors (Lipinski definition) is 2. The number of nitrogens with one attached hydrogen (secondary N) is 2. The normalized spacial score (nSPS) is 17.4. The summed E-state index contributed by atoms with van der Waals surface area (Å²) in [5.41, 5.74) is -0.929. The summed E-state index contributed by atoms with van der Waals surface area (Å²) < 4.78 is 154. The molecule has 2 fully saturated rings. The van der Waals surface area contributed by atoms with Gasteiger partial charge in [0.15, 0.2) is 23.3 Å². The van der Waals surface area contributed by atoms with Crippen LogP contribution in [-0.4, -0.2) is 39.5 Å². The van der Waals surface area contributed by atoms with Crippen LogP contribution in [0.5, 0.6) is 11.5 Å². The molecular formula is C42H38Br2F6N2O6S2. The summed E-state index contributed by atoms with van der Waals surface area (Å²) >= 11 is 6.29. The molecule has 0 bridgehead atoms. The summed E-state index contributed by atoms with van der Waals surface area (Å²) in [6.45, 7) is 7.11. The van der Waals surface area contributed by atoms with Crippen molar-refractivity contribution in [1.82, 2.24) is 0 Å². The molecule has 8 nitrogen and oxygen atoms in total. The molecule has 0 unspecified atom stereocenters. The van der Waals surface area contributed by atoms with Crippen LogP contribution in [0.25, 0.3) is 0 Å². The monoisotopic (exact) mass is 1000 g/mol. The Hall–Kier alpha value is -4.26. The molecule has 18 heteroatoms. The van der Waals surface area contributed by atoms with Gasteiger partial charge >= 0.3 is 0 Å². The first kappa shape index (κ1) is 45.3. The number of fused-ring (bicyclic) bond motifs is 1. The van der Waals surface area contributed by atoms with Gasteiger partial charge in [-0.3, -0.25) is 9.44 Å². The maximum atomic E-state index is 14.9. The highest BCUT2D eigenvalue weighted by Gasteiger charge is 2.55. The summed E-state index contributed by atoms with van der Waals surface area (Å²) in [4.78, 5) is 0. The summed E-state index contributed by atoms with van der Waals surface area (Å²) in [6, 6.07) is 9.93. The zero-order valence-corrected chi connectivity index (χ0v) is 36.5. The van der Waals surface area contributed by atoms with Gasteiger partial charge in [-0.1, -0.05) is 74.9 Å². The van der Waals surface area contributed by atoms with Gasteiger partial charge in [-0.05, 0) is 73.9 Å². The fourth-order valence-corrected chi connectivity index (χ4v) is 10.7. The Morgan fingerprint density at radius 1 is 0.800 bits per heavy atom. The highest BCUT2D eigenvalue weighted by molar-refractivity contribution is 9.10. The summed E-state index contributed by atoms with van der Waals surface area (Å²) in [6.07, 6.45) is 7.82. The molecule has 60 heavy (non-hydrogen) atoms. The maximum Gasteiger partial charge on any atom is 0.238 e. The fourth-order valence-electron chi connectivity index (χ4n) is 6.65. The average molecular weight is 1000 g/mol. The van der Waals surface area contributed by atoms with Crippen molar-refractivity contribution < 1.29 is 52.7 Å². The van der Waals surface area contributed by atoms with Crippen LogP contribution in [0.3, 0.4) is 0 Å². The predicted molar refractivity (Wildman–Crippen MR) is 225 cm³/mol. The third-order valence-electron chi connectivity index (χ3n) is 10.4. The fraction of sp³-hybridized carbons (Fsp3) is 0.286. The Morgan fingerprint density at radius 3 is 1.93 bits per heavy atom. The lowest BCUT2D eigenvalue weighted by atomic mass is 10.0. The Bertz CT molecular complexity index is 2600. The highest BCUT2D eigenvalue weighted by atomic mass is 79.9. The smallest absolute Gasteiger partial charge is 0.238 e. The molecule has 0 saturated heterocycles. The molecule has 1 heterocycles. The standard InChI is InChI=1S/C22H21BrF3NO3S.C20H17BrF3NO3S/c1-3-7-22(8-9-22)31(28,29)27-21-16(11-14-5-6-15(23)12-17(14)24)20(26)18(25)13-19(21)30-10-4-2;21-13-4-3-12(15(22)10-13)9-14-18(24)16(23)11-17-19(14)25-29(26,27)20(6-7-20)5-1-2-8-28-17/h3-6,12-13,27H,1-2,7-11H2;1-4,10-11,25H,5-9H2/b;2-1+. The number of anilines is 2. The number of hydrogen-bond acceptors (Lipinski definition) is 6. The quantitative estimate of drug-likeness (QED) is 0.108. The zero-order chi connectivity index (χ0) is 43.6. The molecular weight excluding hydrogens is 966 g/mol. The first-order valence-electron chi connectivity index (χ1n) is 18.4. The van der Waals surface area contributed by atoms with Gasteiger partial charge in [-0.25, -0.2) is 43.2 Å². The third kappa shape index (κ3) is 9.61. The Kier molecular flexibility index (Phi) is 13.6. The second kappa shape index (κ2) is 18.0. The van der Waals surface area contributed by atoms with Crippen LogP contribution >= 0.6 is 31.9 Å². The van der Waals surface area contributed by atoms with Crippen molar-refractivity contribution in [2.75, 3.05) is 22.7 Å². The first-order chi connectivity index (χ1) is 28.4.